The Morgan fingerprint density at radius 3 is 2.67 bits per heavy atom. The van der Waals surface area contributed by atoms with Crippen LogP contribution in [0.3, 0.4) is 0 Å². The van der Waals surface area contributed by atoms with Gasteiger partial charge in [-0.2, -0.15) is 0 Å². The molecular weight excluding hydrogens is 260 g/mol. The first-order chi connectivity index (χ1) is 10.3. The van der Waals surface area contributed by atoms with Crippen LogP contribution in [0.1, 0.15) is 18.1 Å². The average molecular weight is 280 g/mol. The van der Waals surface area contributed by atoms with Gasteiger partial charge in [0.15, 0.2) is 0 Å². The Kier molecular flexibility index (Phi) is 5.71. The summed E-state index contributed by atoms with van der Waals surface area (Å²) in [6, 6.07) is 14.0. The van der Waals surface area contributed by atoms with Crippen molar-refractivity contribution in [2.75, 3.05) is 13.1 Å². The molecule has 0 saturated carbocycles. The highest BCUT2D eigenvalue weighted by Crippen LogP contribution is 2.04. The monoisotopic (exact) mass is 280 g/mol. The molecule has 0 spiro atoms. The van der Waals surface area contributed by atoms with Gasteiger partial charge in [0.25, 0.3) is 0 Å². The number of carbonyl (C=O) groups excluding carboxylic acids is 1. The van der Waals surface area contributed by atoms with Gasteiger partial charge in [0, 0.05) is 31.6 Å². The first kappa shape index (κ1) is 15.0. The Morgan fingerprint density at radius 2 is 2.00 bits per heavy atom. The maximum atomic E-state index is 12.2. The predicted molar refractivity (Wildman–Crippen MR) is 85.7 cm³/mol. The highest BCUT2D eigenvalue weighted by atomic mass is 16.2. The molecule has 0 N–H and O–H groups in total. The van der Waals surface area contributed by atoms with E-state index in [2.05, 4.69) is 17.1 Å². The van der Waals surface area contributed by atoms with Crippen molar-refractivity contribution >= 4 is 12.0 Å². The second-order valence-electron chi connectivity index (χ2n) is 4.77. The highest BCUT2D eigenvalue weighted by molar-refractivity contribution is 5.91. The summed E-state index contributed by atoms with van der Waals surface area (Å²) in [4.78, 5) is 18.1. The van der Waals surface area contributed by atoms with Gasteiger partial charge in [0.2, 0.25) is 5.91 Å². The summed E-state index contributed by atoms with van der Waals surface area (Å²) in [6.07, 6.45) is 7.76. The molecule has 3 nitrogen and oxygen atoms in total. The van der Waals surface area contributed by atoms with E-state index in [1.165, 1.54) is 5.56 Å². The van der Waals surface area contributed by atoms with Gasteiger partial charge < -0.3 is 4.90 Å². The standard InChI is InChI=1S/C18H20N2O/c1-2-20(14-12-16-7-4-3-5-8-16)18(21)11-10-17-9-6-13-19-15-17/h3-11,13,15H,2,12,14H2,1H3/b11-10+. The summed E-state index contributed by atoms with van der Waals surface area (Å²) in [7, 11) is 0. The quantitative estimate of drug-likeness (QED) is 0.761. The normalized spacial score (nSPS) is 10.7. The number of aromatic nitrogens is 1. The Labute approximate surface area is 125 Å². The number of hydrogen-bond donors (Lipinski definition) is 0. The van der Waals surface area contributed by atoms with Crippen LogP contribution >= 0.6 is 0 Å². The molecule has 0 atom stereocenters. The topological polar surface area (TPSA) is 33.2 Å². The minimum atomic E-state index is 0.0392. The molecular formula is C18H20N2O. The molecule has 2 rings (SSSR count). The number of likely N-dealkylation sites (N-methyl/N-ethyl adjacent to an activating group) is 1. The fourth-order valence-corrected chi connectivity index (χ4v) is 2.08. The molecule has 1 heterocycles. The summed E-state index contributed by atoms with van der Waals surface area (Å²) < 4.78 is 0. The van der Waals surface area contributed by atoms with Gasteiger partial charge in [-0.25, -0.2) is 0 Å². The fourth-order valence-electron chi connectivity index (χ4n) is 2.08. The van der Waals surface area contributed by atoms with Crippen molar-refractivity contribution in [1.82, 2.24) is 9.88 Å². The third kappa shape index (κ3) is 4.88. The Morgan fingerprint density at radius 1 is 1.19 bits per heavy atom. The molecule has 108 valence electrons. The smallest absolute Gasteiger partial charge is 0.246 e. The van der Waals surface area contributed by atoms with E-state index in [-0.39, 0.29) is 5.91 Å². The van der Waals surface area contributed by atoms with Gasteiger partial charge in [-0.3, -0.25) is 9.78 Å². The van der Waals surface area contributed by atoms with Crippen LogP contribution < -0.4 is 0 Å². The SMILES string of the molecule is CCN(CCc1ccccc1)C(=O)/C=C/c1cccnc1. The van der Waals surface area contributed by atoms with Crippen LogP contribution in [0.15, 0.2) is 60.9 Å². The predicted octanol–water partition coefficient (Wildman–Crippen LogP) is 3.19. The Bertz CT molecular complexity index is 579. The molecule has 0 fully saturated rings. The van der Waals surface area contributed by atoms with Crippen molar-refractivity contribution in [3.8, 4) is 0 Å². The first-order valence-corrected chi connectivity index (χ1v) is 7.20. The van der Waals surface area contributed by atoms with Gasteiger partial charge in [0.05, 0.1) is 0 Å². The van der Waals surface area contributed by atoms with Crippen LogP contribution in [0.25, 0.3) is 6.08 Å². The molecule has 0 aliphatic carbocycles. The van der Waals surface area contributed by atoms with Gasteiger partial charge in [-0.1, -0.05) is 36.4 Å². The van der Waals surface area contributed by atoms with Crippen molar-refractivity contribution in [3.05, 3.63) is 72.1 Å². The molecule has 0 aliphatic rings. The zero-order valence-corrected chi connectivity index (χ0v) is 12.3. The molecule has 0 radical (unpaired) electrons. The van der Waals surface area contributed by atoms with Crippen LogP contribution in [0.4, 0.5) is 0 Å². The van der Waals surface area contributed by atoms with Crippen LogP contribution in [-0.2, 0) is 11.2 Å². The average Bonchev–Trinajstić information content (AvgIpc) is 2.55. The molecule has 1 amide bonds. The summed E-state index contributed by atoms with van der Waals surface area (Å²) >= 11 is 0. The number of rotatable bonds is 6. The molecule has 0 saturated heterocycles. The van der Waals surface area contributed by atoms with Crippen molar-refractivity contribution in [1.29, 1.82) is 0 Å². The zero-order chi connectivity index (χ0) is 14.9. The van der Waals surface area contributed by atoms with Gasteiger partial charge >= 0.3 is 0 Å². The molecule has 0 bridgehead atoms. The maximum absolute atomic E-state index is 12.2. The van der Waals surface area contributed by atoms with Crippen LogP contribution in [0.2, 0.25) is 0 Å². The number of nitrogens with zero attached hydrogens (tertiary/aromatic N) is 2. The fraction of sp³-hybridized carbons (Fsp3) is 0.222. The van der Waals surface area contributed by atoms with E-state index in [1.54, 1.807) is 24.5 Å². The van der Waals surface area contributed by atoms with E-state index in [9.17, 15) is 4.79 Å². The van der Waals surface area contributed by atoms with Gasteiger partial charge in [0.1, 0.15) is 0 Å². The lowest BCUT2D eigenvalue weighted by Gasteiger charge is -2.19. The summed E-state index contributed by atoms with van der Waals surface area (Å²) in [5, 5.41) is 0. The van der Waals surface area contributed by atoms with Crippen molar-refractivity contribution in [3.63, 3.8) is 0 Å². The van der Waals surface area contributed by atoms with Crippen LogP contribution in [0, 0.1) is 0 Å². The summed E-state index contributed by atoms with van der Waals surface area (Å²) in [5.41, 5.74) is 2.19. The van der Waals surface area contributed by atoms with E-state index in [1.807, 2.05) is 42.2 Å². The van der Waals surface area contributed by atoms with Gasteiger partial charge in [-0.05, 0) is 36.6 Å². The number of amides is 1. The largest absolute Gasteiger partial charge is 0.339 e. The number of benzene rings is 1. The van der Waals surface area contributed by atoms with Crippen LogP contribution in [0.5, 0.6) is 0 Å². The van der Waals surface area contributed by atoms with Crippen molar-refractivity contribution in [2.45, 2.75) is 13.3 Å². The van der Waals surface area contributed by atoms with Crippen LogP contribution in [-0.4, -0.2) is 28.9 Å². The van der Waals surface area contributed by atoms with E-state index >= 15 is 0 Å². The number of pyridine rings is 1. The zero-order valence-electron chi connectivity index (χ0n) is 12.3. The number of carbonyl (C=O) groups is 1. The molecule has 1 aromatic carbocycles. The van der Waals surface area contributed by atoms with E-state index in [0.29, 0.717) is 6.54 Å². The Balaban J connectivity index is 1.91. The highest BCUT2D eigenvalue weighted by Gasteiger charge is 2.07. The minimum Gasteiger partial charge on any atom is -0.339 e. The summed E-state index contributed by atoms with van der Waals surface area (Å²) in [5.74, 6) is 0.0392. The molecule has 0 unspecified atom stereocenters. The first-order valence-electron chi connectivity index (χ1n) is 7.20. The minimum absolute atomic E-state index is 0.0392. The van der Waals surface area contributed by atoms with E-state index in [0.717, 1.165) is 18.5 Å². The summed E-state index contributed by atoms with van der Waals surface area (Å²) in [6.45, 7) is 3.45. The Hall–Kier alpha value is -2.42. The molecule has 21 heavy (non-hydrogen) atoms. The maximum Gasteiger partial charge on any atom is 0.246 e. The third-order valence-corrected chi connectivity index (χ3v) is 3.31. The van der Waals surface area contributed by atoms with Crippen molar-refractivity contribution in [2.24, 2.45) is 0 Å². The second-order valence-corrected chi connectivity index (χ2v) is 4.77. The van der Waals surface area contributed by atoms with Gasteiger partial charge in [-0.15, -0.1) is 0 Å². The lowest BCUT2D eigenvalue weighted by molar-refractivity contribution is -0.125. The third-order valence-electron chi connectivity index (χ3n) is 3.31. The molecule has 0 aliphatic heterocycles. The molecule has 3 heteroatoms. The lowest BCUT2D eigenvalue weighted by Crippen LogP contribution is -2.31. The molecule has 2 aromatic rings. The molecule has 1 aromatic heterocycles. The lowest BCUT2D eigenvalue weighted by atomic mass is 10.1. The van der Waals surface area contributed by atoms with E-state index < -0.39 is 0 Å². The van der Waals surface area contributed by atoms with E-state index in [4.69, 9.17) is 0 Å². The van der Waals surface area contributed by atoms with Crippen molar-refractivity contribution < 1.29 is 4.79 Å². The second kappa shape index (κ2) is 8.00. The number of hydrogen-bond acceptors (Lipinski definition) is 2.